The van der Waals surface area contributed by atoms with Gasteiger partial charge in [0, 0.05) is 23.5 Å². The van der Waals surface area contributed by atoms with Crippen LogP contribution in [0, 0.1) is 0 Å². The summed E-state index contributed by atoms with van der Waals surface area (Å²) < 4.78 is 10.2. The van der Waals surface area contributed by atoms with Crippen molar-refractivity contribution in [2.45, 2.75) is 32.9 Å². The molecule has 0 fully saturated rings. The molecule has 112 valence electrons. The fourth-order valence-corrected chi connectivity index (χ4v) is 1.69. The molecular weight excluding hydrogens is 268 g/mol. The molecule has 0 unspecified atom stereocenters. The normalized spacial score (nSPS) is 11.0. The number of furan rings is 1. The van der Waals surface area contributed by atoms with Crippen LogP contribution in [0.25, 0.3) is 0 Å². The highest BCUT2D eigenvalue weighted by atomic mass is 16.6. The summed E-state index contributed by atoms with van der Waals surface area (Å²) in [7, 11) is 0. The molecule has 0 aliphatic heterocycles. The van der Waals surface area contributed by atoms with E-state index in [0.717, 1.165) is 11.3 Å². The van der Waals surface area contributed by atoms with Gasteiger partial charge in [0.2, 0.25) is 0 Å². The van der Waals surface area contributed by atoms with Crippen LogP contribution in [0.1, 0.15) is 26.3 Å². The zero-order chi connectivity index (χ0) is 15.3. The fraction of sp³-hybridized carbons (Fsp3) is 0.312. The average molecular weight is 288 g/mol. The van der Waals surface area contributed by atoms with Crippen LogP contribution in [-0.2, 0) is 11.3 Å². The Morgan fingerprint density at radius 1 is 1.14 bits per heavy atom. The molecule has 21 heavy (non-hydrogen) atoms. The summed E-state index contributed by atoms with van der Waals surface area (Å²) in [5, 5.41) is 5.95. The molecule has 0 saturated heterocycles. The highest BCUT2D eigenvalue weighted by Gasteiger charge is 2.15. The van der Waals surface area contributed by atoms with Crippen LogP contribution in [0.5, 0.6) is 0 Å². The van der Waals surface area contributed by atoms with E-state index in [-0.39, 0.29) is 0 Å². The zero-order valence-electron chi connectivity index (χ0n) is 12.5. The Morgan fingerprint density at radius 3 is 2.38 bits per heavy atom. The SMILES string of the molecule is CC(C)(C)OC(=O)Nc1ccc(NCc2ccoc2)cc1. The second-order valence-electron chi connectivity index (χ2n) is 5.69. The van der Waals surface area contributed by atoms with E-state index in [1.54, 1.807) is 12.5 Å². The van der Waals surface area contributed by atoms with Crippen LogP contribution in [-0.4, -0.2) is 11.7 Å². The lowest BCUT2D eigenvalue weighted by Crippen LogP contribution is -2.27. The van der Waals surface area contributed by atoms with Gasteiger partial charge in [0.25, 0.3) is 0 Å². The molecule has 0 spiro atoms. The molecule has 5 heteroatoms. The maximum atomic E-state index is 11.6. The molecule has 0 aliphatic rings. The number of carbonyl (C=O) groups excluding carboxylic acids is 1. The molecule has 0 aliphatic carbocycles. The Balaban J connectivity index is 1.85. The number of hydrogen-bond acceptors (Lipinski definition) is 4. The van der Waals surface area contributed by atoms with Crippen LogP contribution in [0.15, 0.2) is 47.3 Å². The summed E-state index contributed by atoms with van der Waals surface area (Å²) in [6, 6.07) is 9.34. The number of anilines is 2. The van der Waals surface area contributed by atoms with Crippen molar-refractivity contribution >= 4 is 17.5 Å². The molecule has 0 atom stereocenters. The second kappa shape index (κ2) is 6.35. The third-order valence-corrected chi connectivity index (χ3v) is 2.61. The number of carbonyl (C=O) groups is 1. The molecule has 5 nitrogen and oxygen atoms in total. The molecule has 1 aromatic carbocycles. The number of hydrogen-bond donors (Lipinski definition) is 2. The van der Waals surface area contributed by atoms with Gasteiger partial charge in [0.15, 0.2) is 0 Å². The second-order valence-corrected chi connectivity index (χ2v) is 5.69. The monoisotopic (exact) mass is 288 g/mol. The fourth-order valence-electron chi connectivity index (χ4n) is 1.69. The van der Waals surface area contributed by atoms with Crippen molar-refractivity contribution in [3.63, 3.8) is 0 Å². The summed E-state index contributed by atoms with van der Waals surface area (Å²) >= 11 is 0. The molecule has 0 bridgehead atoms. The lowest BCUT2D eigenvalue weighted by Gasteiger charge is -2.19. The van der Waals surface area contributed by atoms with Crippen LogP contribution < -0.4 is 10.6 Å². The van der Waals surface area contributed by atoms with Crippen molar-refractivity contribution in [1.29, 1.82) is 0 Å². The molecule has 1 amide bonds. The zero-order valence-corrected chi connectivity index (χ0v) is 12.5. The van der Waals surface area contributed by atoms with E-state index in [1.807, 2.05) is 51.1 Å². The first-order valence-corrected chi connectivity index (χ1v) is 6.77. The van der Waals surface area contributed by atoms with Crippen LogP contribution in [0.3, 0.4) is 0 Å². The first-order valence-electron chi connectivity index (χ1n) is 6.77. The van der Waals surface area contributed by atoms with E-state index < -0.39 is 11.7 Å². The van der Waals surface area contributed by atoms with Crippen LogP contribution in [0.2, 0.25) is 0 Å². The summed E-state index contributed by atoms with van der Waals surface area (Å²) in [5.41, 5.74) is 2.23. The van der Waals surface area contributed by atoms with Gasteiger partial charge in [-0.25, -0.2) is 4.79 Å². The molecular formula is C16H20N2O3. The van der Waals surface area contributed by atoms with Crippen LogP contribution in [0.4, 0.5) is 16.2 Å². The topological polar surface area (TPSA) is 63.5 Å². The minimum absolute atomic E-state index is 0.457. The van der Waals surface area contributed by atoms with Crippen molar-refractivity contribution in [2.24, 2.45) is 0 Å². The van der Waals surface area contributed by atoms with Crippen molar-refractivity contribution in [3.8, 4) is 0 Å². The van der Waals surface area contributed by atoms with Gasteiger partial charge in [-0.2, -0.15) is 0 Å². The van der Waals surface area contributed by atoms with Gasteiger partial charge >= 0.3 is 6.09 Å². The Kier molecular flexibility index (Phi) is 4.52. The number of rotatable bonds is 4. The van der Waals surface area contributed by atoms with Gasteiger partial charge in [-0.3, -0.25) is 5.32 Å². The number of nitrogens with one attached hydrogen (secondary N) is 2. The average Bonchev–Trinajstić information content (AvgIpc) is 2.89. The summed E-state index contributed by atoms with van der Waals surface area (Å²) in [6.45, 7) is 6.18. The minimum atomic E-state index is -0.504. The van der Waals surface area contributed by atoms with Gasteiger partial charge in [-0.05, 0) is 51.1 Å². The highest BCUT2D eigenvalue weighted by molar-refractivity contribution is 5.85. The van der Waals surface area contributed by atoms with E-state index in [2.05, 4.69) is 10.6 Å². The summed E-state index contributed by atoms with van der Waals surface area (Å²) in [6.07, 6.45) is 2.89. The highest BCUT2D eigenvalue weighted by Crippen LogP contribution is 2.16. The maximum Gasteiger partial charge on any atom is 0.412 e. The Hall–Kier alpha value is -2.43. The quantitative estimate of drug-likeness (QED) is 0.883. The molecule has 0 saturated carbocycles. The van der Waals surface area contributed by atoms with Crippen LogP contribution >= 0.6 is 0 Å². The van der Waals surface area contributed by atoms with Gasteiger partial charge in [0.05, 0.1) is 12.5 Å². The molecule has 2 aromatic rings. The first-order chi connectivity index (χ1) is 9.92. The Bertz CT molecular complexity index is 569. The number of amides is 1. The Morgan fingerprint density at radius 2 is 1.81 bits per heavy atom. The van der Waals surface area contributed by atoms with Crippen molar-refractivity contribution in [3.05, 3.63) is 48.4 Å². The van der Waals surface area contributed by atoms with Crippen molar-refractivity contribution < 1.29 is 13.9 Å². The molecule has 1 aromatic heterocycles. The van der Waals surface area contributed by atoms with Gasteiger partial charge in [0.1, 0.15) is 5.60 Å². The first kappa shape index (κ1) is 15.0. The number of ether oxygens (including phenoxy) is 1. The third kappa shape index (κ3) is 5.22. The largest absolute Gasteiger partial charge is 0.472 e. The van der Waals surface area contributed by atoms with E-state index in [4.69, 9.17) is 9.15 Å². The van der Waals surface area contributed by atoms with Gasteiger partial charge in [-0.15, -0.1) is 0 Å². The lowest BCUT2D eigenvalue weighted by atomic mass is 10.2. The van der Waals surface area contributed by atoms with Crippen molar-refractivity contribution in [2.75, 3.05) is 10.6 Å². The van der Waals surface area contributed by atoms with E-state index in [0.29, 0.717) is 12.2 Å². The third-order valence-electron chi connectivity index (χ3n) is 2.61. The summed E-state index contributed by atoms with van der Waals surface area (Å²) in [5.74, 6) is 0. The standard InChI is InChI=1S/C16H20N2O3/c1-16(2,3)21-15(19)18-14-6-4-13(5-7-14)17-10-12-8-9-20-11-12/h4-9,11,17H,10H2,1-3H3,(H,18,19). The Labute approximate surface area is 124 Å². The van der Waals surface area contributed by atoms with Crippen molar-refractivity contribution in [1.82, 2.24) is 0 Å². The molecule has 1 heterocycles. The number of benzene rings is 1. The maximum absolute atomic E-state index is 11.6. The van der Waals surface area contributed by atoms with E-state index in [9.17, 15) is 4.79 Å². The molecule has 2 rings (SSSR count). The minimum Gasteiger partial charge on any atom is -0.472 e. The predicted octanol–water partition coefficient (Wildman–Crippen LogP) is 4.24. The van der Waals surface area contributed by atoms with Gasteiger partial charge < -0.3 is 14.5 Å². The smallest absolute Gasteiger partial charge is 0.412 e. The molecule has 0 radical (unpaired) electrons. The lowest BCUT2D eigenvalue weighted by molar-refractivity contribution is 0.0636. The van der Waals surface area contributed by atoms with Gasteiger partial charge in [-0.1, -0.05) is 0 Å². The summed E-state index contributed by atoms with van der Waals surface area (Å²) in [4.78, 5) is 11.6. The van der Waals surface area contributed by atoms with E-state index in [1.165, 1.54) is 0 Å². The molecule has 2 N–H and O–H groups in total. The van der Waals surface area contributed by atoms with E-state index >= 15 is 0 Å². The predicted molar refractivity (Wildman–Crippen MR) is 82.3 cm³/mol.